The highest BCUT2D eigenvalue weighted by Crippen LogP contribution is 2.21. The van der Waals surface area contributed by atoms with Gasteiger partial charge in [0.25, 0.3) is 5.91 Å². The first kappa shape index (κ1) is 11.8. The minimum atomic E-state index is -0.189. The van der Waals surface area contributed by atoms with Crippen molar-refractivity contribution in [2.24, 2.45) is 0 Å². The molecule has 2 rings (SSSR count). The standard InChI is InChI=1S/C10H13Cl2N3O/c11-7-5-8(15-9(7)12)10(16)14-4-3-13-6-1-2-6/h5-6,13,15H,1-4H2,(H,14,16). The lowest BCUT2D eigenvalue weighted by Gasteiger charge is -2.04. The minimum absolute atomic E-state index is 0.189. The lowest BCUT2D eigenvalue weighted by atomic mass is 10.4. The van der Waals surface area contributed by atoms with Gasteiger partial charge in [-0.3, -0.25) is 4.79 Å². The number of H-pyrrole nitrogens is 1. The van der Waals surface area contributed by atoms with Crippen LogP contribution >= 0.6 is 23.2 Å². The Bertz CT molecular complexity index is 368. The summed E-state index contributed by atoms with van der Waals surface area (Å²) in [5, 5.41) is 6.73. The van der Waals surface area contributed by atoms with E-state index in [0.717, 1.165) is 6.54 Å². The second-order valence-electron chi connectivity index (χ2n) is 3.83. The topological polar surface area (TPSA) is 56.9 Å². The molecule has 88 valence electrons. The number of rotatable bonds is 5. The number of hydrogen-bond donors (Lipinski definition) is 3. The smallest absolute Gasteiger partial charge is 0.267 e. The molecule has 0 aromatic carbocycles. The van der Waals surface area contributed by atoms with Gasteiger partial charge in [-0.1, -0.05) is 23.2 Å². The molecular formula is C10H13Cl2N3O. The molecule has 1 aromatic heterocycles. The third-order valence-corrected chi connectivity index (χ3v) is 3.08. The van der Waals surface area contributed by atoms with Crippen LogP contribution in [-0.2, 0) is 0 Å². The Labute approximate surface area is 104 Å². The SMILES string of the molecule is O=C(NCCNC1CC1)c1cc(Cl)c(Cl)[nH]1. The number of nitrogens with one attached hydrogen (secondary N) is 3. The lowest BCUT2D eigenvalue weighted by molar-refractivity contribution is 0.0949. The van der Waals surface area contributed by atoms with Gasteiger partial charge in [0.2, 0.25) is 0 Å². The Hall–Kier alpha value is -0.710. The van der Waals surface area contributed by atoms with Crippen LogP contribution in [-0.4, -0.2) is 30.0 Å². The van der Waals surface area contributed by atoms with Crippen LogP contribution in [0.5, 0.6) is 0 Å². The third kappa shape index (κ3) is 3.14. The molecule has 1 aliphatic carbocycles. The monoisotopic (exact) mass is 261 g/mol. The van der Waals surface area contributed by atoms with E-state index in [4.69, 9.17) is 23.2 Å². The van der Waals surface area contributed by atoms with E-state index in [-0.39, 0.29) is 5.91 Å². The van der Waals surface area contributed by atoms with Crippen molar-refractivity contribution in [3.63, 3.8) is 0 Å². The fourth-order valence-corrected chi connectivity index (χ4v) is 1.67. The van der Waals surface area contributed by atoms with E-state index in [1.54, 1.807) is 0 Å². The van der Waals surface area contributed by atoms with Gasteiger partial charge >= 0.3 is 0 Å². The quantitative estimate of drug-likeness (QED) is 0.709. The fourth-order valence-electron chi connectivity index (χ4n) is 1.36. The zero-order valence-electron chi connectivity index (χ0n) is 8.65. The molecule has 0 unspecified atom stereocenters. The molecule has 1 saturated carbocycles. The maximum Gasteiger partial charge on any atom is 0.267 e. The summed E-state index contributed by atoms with van der Waals surface area (Å²) >= 11 is 11.4. The normalized spacial score (nSPS) is 15.1. The van der Waals surface area contributed by atoms with Crippen LogP contribution in [0.3, 0.4) is 0 Å². The number of aromatic nitrogens is 1. The predicted molar refractivity (Wildman–Crippen MR) is 64.2 cm³/mol. The molecule has 0 saturated heterocycles. The summed E-state index contributed by atoms with van der Waals surface area (Å²) in [4.78, 5) is 14.3. The Balaban J connectivity index is 1.73. The van der Waals surface area contributed by atoms with Crippen molar-refractivity contribution < 1.29 is 4.79 Å². The number of amides is 1. The number of hydrogen-bond acceptors (Lipinski definition) is 2. The van der Waals surface area contributed by atoms with E-state index in [9.17, 15) is 4.79 Å². The molecule has 6 heteroatoms. The van der Waals surface area contributed by atoms with E-state index >= 15 is 0 Å². The lowest BCUT2D eigenvalue weighted by Crippen LogP contribution is -2.32. The zero-order chi connectivity index (χ0) is 11.5. The van der Waals surface area contributed by atoms with Crippen LogP contribution in [0.25, 0.3) is 0 Å². The number of aromatic amines is 1. The van der Waals surface area contributed by atoms with Gasteiger partial charge in [-0.15, -0.1) is 0 Å². The van der Waals surface area contributed by atoms with Crippen LogP contribution in [0.2, 0.25) is 10.2 Å². The van der Waals surface area contributed by atoms with E-state index in [0.29, 0.717) is 28.5 Å². The Kier molecular flexibility index (Phi) is 3.74. The molecule has 1 fully saturated rings. The van der Waals surface area contributed by atoms with Gasteiger partial charge < -0.3 is 15.6 Å². The molecule has 16 heavy (non-hydrogen) atoms. The highest BCUT2D eigenvalue weighted by Gasteiger charge is 2.19. The van der Waals surface area contributed by atoms with Crippen molar-refractivity contribution in [2.75, 3.05) is 13.1 Å². The summed E-state index contributed by atoms with van der Waals surface area (Å²) in [6.45, 7) is 1.39. The first-order valence-electron chi connectivity index (χ1n) is 5.22. The van der Waals surface area contributed by atoms with E-state index in [2.05, 4.69) is 15.6 Å². The second-order valence-corrected chi connectivity index (χ2v) is 4.61. The Morgan fingerprint density at radius 1 is 1.44 bits per heavy atom. The highest BCUT2D eigenvalue weighted by atomic mass is 35.5. The number of halogens is 2. The van der Waals surface area contributed by atoms with Crippen molar-refractivity contribution in [1.82, 2.24) is 15.6 Å². The van der Waals surface area contributed by atoms with Crippen LogP contribution in [0.15, 0.2) is 6.07 Å². The summed E-state index contributed by atoms with van der Waals surface area (Å²) in [6, 6.07) is 2.18. The summed E-state index contributed by atoms with van der Waals surface area (Å²) < 4.78 is 0. The van der Waals surface area contributed by atoms with Crippen LogP contribution < -0.4 is 10.6 Å². The van der Waals surface area contributed by atoms with Gasteiger partial charge in [-0.05, 0) is 18.9 Å². The summed E-state index contributed by atoms with van der Waals surface area (Å²) in [6.07, 6.45) is 2.49. The van der Waals surface area contributed by atoms with Crippen LogP contribution in [0, 0.1) is 0 Å². The number of carbonyl (C=O) groups excluding carboxylic acids is 1. The van der Waals surface area contributed by atoms with Crippen molar-refractivity contribution >= 4 is 29.1 Å². The molecule has 1 aliphatic rings. The largest absolute Gasteiger partial charge is 0.349 e. The van der Waals surface area contributed by atoms with E-state index in [1.807, 2.05) is 0 Å². The molecule has 1 amide bonds. The molecule has 0 bridgehead atoms. The summed E-state index contributed by atoms with van der Waals surface area (Å²) in [5.74, 6) is -0.189. The van der Waals surface area contributed by atoms with Crippen molar-refractivity contribution in [3.8, 4) is 0 Å². The van der Waals surface area contributed by atoms with Crippen LogP contribution in [0.1, 0.15) is 23.3 Å². The van der Waals surface area contributed by atoms with Gasteiger partial charge in [-0.25, -0.2) is 0 Å². The molecule has 0 atom stereocenters. The Morgan fingerprint density at radius 2 is 2.19 bits per heavy atom. The first-order valence-corrected chi connectivity index (χ1v) is 5.98. The molecule has 0 aliphatic heterocycles. The van der Waals surface area contributed by atoms with Crippen molar-refractivity contribution in [2.45, 2.75) is 18.9 Å². The molecule has 1 heterocycles. The molecule has 0 spiro atoms. The van der Waals surface area contributed by atoms with Crippen molar-refractivity contribution in [3.05, 3.63) is 21.9 Å². The summed E-state index contributed by atoms with van der Waals surface area (Å²) in [5.41, 5.74) is 0.390. The van der Waals surface area contributed by atoms with E-state index in [1.165, 1.54) is 18.9 Å². The Morgan fingerprint density at radius 3 is 2.75 bits per heavy atom. The van der Waals surface area contributed by atoms with Crippen LogP contribution in [0.4, 0.5) is 0 Å². The molecular weight excluding hydrogens is 249 g/mol. The summed E-state index contributed by atoms with van der Waals surface area (Å²) in [7, 11) is 0. The van der Waals surface area contributed by atoms with Gasteiger partial charge in [0.1, 0.15) is 10.8 Å². The van der Waals surface area contributed by atoms with Crippen molar-refractivity contribution in [1.29, 1.82) is 0 Å². The van der Waals surface area contributed by atoms with Gasteiger partial charge in [0.05, 0.1) is 5.02 Å². The molecule has 4 nitrogen and oxygen atoms in total. The fraction of sp³-hybridized carbons (Fsp3) is 0.500. The second kappa shape index (κ2) is 5.08. The van der Waals surface area contributed by atoms with Gasteiger partial charge in [-0.2, -0.15) is 0 Å². The molecule has 3 N–H and O–H groups in total. The van der Waals surface area contributed by atoms with Gasteiger partial charge in [0.15, 0.2) is 0 Å². The highest BCUT2D eigenvalue weighted by molar-refractivity contribution is 6.41. The average Bonchev–Trinajstić information content (AvgIpc) is 3.01. The maximum absolute atomic E-state index is 11.6. The minimum Gasteiger partial charge on any atom is -0.349 e. The molecule has 1 aromatic rings. The maximum atomic E-state index is 11.6. The average molecular weight is 262 g/mol. The zero-order valence-corrected chi connectivity index (χ0v) is 10.2. The predicted octanol–water partition coefficient (Wildman–Crippen LogP) is 1.80. The first-order chi connectivity index (χ1) is 7.66. The molecule has 0 radical (unpaired) electrons. The third-order valence-electron chi connectivity index (χ3n) is 2.39. The van der Waals surface area contributed by atoms with E-state index < -0.39 is 0 Å². The number of carbonyl (C=O) groups is 1. The van der Waals surface area contributed by atoms with Gasteiger partial charge in [0, 0.05) is 19.1 Å².